The van der Waals surface area contributed by atoms with E-state index in [4.69, 9.17) is 9.47 Å². The van der Waals surface area contributed by atoms with Gasteiger partial charge in [-0.2, -0.15) is 0 Å². The van der Waals surface area contributed by atoms with Crippen LogP contribution in [-0.2, 0) is 16.6 Å². The van der Waals surface area contributed by atoms with Crippen molar-refractivity contribution >= 4 is 16.0 Å². The Balaban J connectivity index is 2.47. The lowest BCUT2D eigenvalue weighted by Gasteiger charge is -2.17. The molecule has 0 amide bonds. The summed E-state index contributed by atoms with van der Waals surface area (Å²) >= 11 is 0. The second-order valence-electron chi connectivity index (χ2n) is 5.61. The molecule has 0 radical (unpaired) electrons. The second kappa shape index (κ2) is 10.9. The first-order valence-electron chi connectivity index (χ1n) is 8.47. The standard InChI is InChI=1S/C17H30N4O4S/c1-6-26(22,23)21(3)11-7-10-19-17(18-2)20-13-14-8-9-15(24-4)12-16(14)25-5/h8-9,12H,6-7,10-11,13H2,1-5H3,(H2,18,19,20). The van der Waals surface area contributed by atoms with Crippen molar-refractivity contribution in [2.24, 2.45) is 4.99 Å². The zero-order chi connectivity index (χ0) is 19.6. The Hall–Kier alpha value is -2.00. The van der Waals surface area contributed by atoms with Gasteiger partial charge < -0.3 is 20.1 Å². The van der Waals surface area contributed by atoms with Gasteiger partial charge in [0.15, 0.2) is 5.96 Å². The fourth-order valence-corrected chi connectivity index (χ4v) is 3.11. The lowest BCUT2D eigenvalue weighted by atomic mass is 10.2. The summed E-state index contributed by atoms with van der Waals surface area (Å²) < 4.78 is 35.3. The molecule has 0 aliphatic carbocycles. The SMILES string of the molecule is CCS(=O)(=O)N(C)CCCNC(=NC)NCc1ccc(OC)cc1OC. The third-order valence-electron chi connectivity index (χ3n) is 3.95. The molecule has 0 spiro atoms. The van der Waals surface area contributed by atoms with Crippen molar-refractivity contribution in [1.82, 2.24) is 14.9 Å². The Morgan fingerprint density at radius 3 is 2.54 bits per heavy atom. The molecule has 8 nitrogen and oxygen atoms in total. The first kappa shape index (κ1) is 22.0. The molecular weight excluding hydrogens is 356 g/mol. The van der Waals surface area contributed by atoms with Crippen LogP contribution < -0.4 is 20.1 Å². The molecule has 0 bridgehead atoms. The first-order chi connectivity index (χ1) is 12.4. The number of sulfonamides is 1. The fourth-order valence-electron chi connectivity index (χ4n) is 2.27. The van der Waals surface area contributed by atoms with Crippen LogP contribution in [0, 0.1) is 0 Å². The van der Waals surface area contributed by atoms with Crippen LogP contribution >= 0.6 is 0 Å². The van der Waals surface area contributed by atoms with E-state index in [2.05, 4.69) is 15.6 Å². The van der Waals surface area contributed by atoms with Gasteiger partial charge in [-0.15, -0.1) is 0 Å². The number of hydrogen-bond donors (Lipinski definition) is 2. The van der Waals surface area contributed by atoms with Gasteiger partial charge in [0.2, 0.25) is 10.0 Å². The predicted octanol–water partition coefficient (Wildman–Crippen LogP) is 1.04. The molecule has 26 heavy (non-hydrogen) atoms. The van der Waals surface area contributed by atoms with Crippen LogP contribution in [0.3, 0.4) is 0 Å². The minimum absolute atomic E-state index is 0.115. The van der Waals surface area contributed by atoms with Gasteiger partial charge in [-0.3, -0.25) is 4.99 Å². The Labute approximate surface area is 156 Å². The van der Waals surface area contributed by atoms with Gasteiger partial charge in [0.05, 0.1) is 20.0 Å². The quantitative estimate of drug-likeness (QED) is 0.355. The van der Waals surface area contributed by atoms with Crippen molar-refractivity contribution in [2.45, 2.75) is 19.9 Å². The number of rotatable bonds is 10. The number of nitrogens with zero attached hydrogens (tertiary/aromatic N) is 2. The van der Waals surface area contributed by atoms with Crippen LogP contribution in [0.5, 0.6) is 11.5 Å². The van der Waals surface area contributed by atoms with Gasteiger partial charge in [-0.1, -0.05) is 0 Å². The minimum atomic E-state index is -3.13. The van der Waals surface area contributed by atoms with Gasteiger partial charge in [0.1, 0.15) is 11.5 Å². The highest BCUT2D eigenvalue weighted by molar-refractivity contribution is 7.89. The van der Waals surface area contributed by atoms with E-state index in [1.807, 2.05) is 18.2 Å². The molecule has 9 heteroatoms. The summed E-state index contributed by atoms with van der Waals surface area (Å²) in [5, 5.41) is 6.39. The topological polar surface area (TPSA) is 92.3 Å². The molecule has 1 aromatic carbocycles. The van der Waals surface area contributed by atoms with Crippen molar-refractivity contribution in [1.29, 1.82) is 0 Å². The Morgan fingerprint density at radius 2 is 1.96 bits per heavy atom. The smallest absolute Gasteiger partial charge is 0.213 e. The van der Waals surface area contributed by atoms with Crippen LogP contribution in [-0.4, -0.2) is 65.8 Å². The third kappa shape index (κ3) is 6.72. The highest BCUT2D eigenvalue weighted by Crippen LogP contribution is 2.24. The third-order valence-corrected chi connectivity index (χ3v) is 5.81. The van der Waals surface area contributed by atoms with Crippen LogP contribution in [0.15, 0.2) is 23.2 Å². The van der Waals surface area contributed by atoms with Crippen molar-refractivity contribution in [2.75, 3.05) is 47.2 Å². The summed E-state index contributed by atoms with van der Waals surface area (Å²) in [4.78, 5) is 4.17. The highest BCUT2D eigenvalue weighted by atomic mass is 32.2. The number of benzene rings is 1. The molecule has 0 fully saturated rings. The van der Waals surface area contributed by atoms with E-state index in [1.165, 1.54) is 4.31 Å². The molecule has 1 aromatic rings. The van der Waals surface area contributed by atoms with E-state index in [0.29, 0.717) is 32.0 Å². The molecule has 0 saturated heterocycles. The fraction of sp³-hybridized carbons (Fsp3) is 0.588. The van der Waals surface area contributed by atoms with Crippen LogP contribution in [0.1, 0.15) is 18.9 Å². The molecule has 0 unspecified atom stereocenters. The van der Waals surface area contributed by atoms with Crippen LogP contribution in [0.4, 0.5) is 0 Å². The maximum Gasteiger partial charge on any atom is 0.213 e. The number of aliphatic imine (C=N–C) groups is 1. The Bertz CT molecular complexity index is 692. The van der Waals surface area contributed by atoms with Crippen molar-refractivity contribution in [3.63, 3.8) is 0 Å². The van der Waals surface area contributed by atoms with Gasteiger partial charge in [0.25, 0.3) is 0 Å². The van der Waals surface area contributed by atoms with Crippen LogP contribution in [0.25, 0.3) is 0 Å². The van der Waals surface area contributed by atoms with Gasteiger partial charge in [-0.25, -0.2) is 12.7 Å². The Morgan fingerprint density at radius 1 is 1.23 bits per heavy atom. The first-order valence-corrected chi connectivity index (χ1v) is 10.1. The lowest BCUT2D eigenvalue weighted by molar-refractivity contribution is 0.390. The molecule has 148 valence electrons. The molecule has 1 rings (SSSR count). The molecule has 0 aliphatic rings. The highest BCUT2D eigenvalue weighted by Gasteiger charge is 2.14. The summed E-state index contributed by atoms with van der Waals surface area (Å²) in [5.41, 5.74) is 0.977. The summed E-state index contributed by atoms with van der Waals surface area (Å²) in [6.07, 6.45) is 0.683. The normalized spacial score (nSPS) is 12.2. The van der Waals surface area contributed by atoms with Crippen molar-refractivity contribution in [3.8, 4) is 11.5 Å². The molecule has 0 atom stereocenters. The molecule has 2 N–H and O–H groups in total. The van der Waals surface area contributed by atoms with E-state index in [0.717, 1.165) is 17.1 Å². The molecule has 0 aliphatic heterocycles. The molecule has 0 aromatic heterocycles. The van der Waals surface area contributed by atoms with E-state index >= 15 is 0 Å². The summed E-state index contributed by atoms with van der Waals surface area (Å²) in [7, 11) is 3.39. The largest absolute Gasteiger partial charge is 0.497 e. The van der Waals surface area contributed by atoms with E-state index < -0.39 is 10.0 Å². The molecular formula is C17H30N4O4S. The van der Waals surface area contributed by atoms with E-state index in [1.54, 1.807) is 35.2 Å². The number of guanidine groups is 1. The zero-order valence-corrected chi connectivity index (χ0v) is 17.0. The maximum atomic E-state index is 11.7. The van der Waals surface area contributed by atoms with Crippen molar-refractivity contribution in [3.05, 3.63) is 23.8 Å². The van der Waals surface area contributed by atoms with Gasteiger partial charge in [0, 0.05) is 45.4 Å². The minimum Gasteiger partial charge on any atom is -0.497 e. The predicted molar refractivity (Wildman–Crippen MR) is 104 cm³/mol. The average molecular weight is 387 g/mol. The van der Waals surface area contributed by atoms with Crippen molar-refractivity contribution < 1.29 is 17.9 Å². The number of methoxy groups -OCH3 is 2. The average Bonchev–Trinajstić information content (AvgIpc) is 2.66. The van der Waals surface area contributed by atoms with Gasteiger partial charge in [-0.05, 0) is 25.5 Å². The monoisotopic (exact) mass is 386 g/mol. The number of hydrogen-bond acceptors (Lipinski definition) is 5. The van der Waals surface area contributed by atoms with E-state index in [9.17, 15) is 8.42 Å². The lowest BCUT2D eigenvalue weighted by Crippen LogP contribution is -2.38. The maximum absolute atomic E-state index is 11.7. The zero-order valence-electron chi connectivity index (χ0n) is 16.2. The number of nitrogens with one attached hydrogen (secondary N) is 2. The van der Waals surface area contributed by atoms with Gasteiger partial charge >= 0.3 is 0 Å². The Kier molecular flexibility index (Phi) is 9.22. The number of ether oxygens (including phenoxy) is 2. The summed E-state index contributed by atoms with van der Waals surface area (Å²) in [5.74, 6) is 2.23. The second-order valence-corrected chi connectivity index (χ2v) is 7.97. The molecule has 0 saturated carbocycles. The summed E-state index contributed by atoms with van der Waals surface area (Å²) in [6.45, 7) is 3.26. The summed E-state index contributed by atoms with van der Waals surface area (Å²) in [6, 6.07) is 5.64. The van der Waals surface area contributed by atoms with E-state index in [-0.39, 0.29) is 5.75 Å². The molecule has 0 heterocycles. The van der Waals surface area contributed by atoms with Crippen LogP contribution in [0.2, 0.25) is 0 Å².